The molecule has 4 aliphatic heterocycles. The Morgan fingerprint density at radius 2 is 1.09 bits per heavy atom. The van der Waals surface area contributed by atoms with E-state index in [4.69, 9.17) is 28.4 Å². The van der Waals surface area contributed by atoms with Gasteiger partial charge in [-0.05, 0) is 64.5 Å². The molecule has 4 heterocycles. The molecule has 0 saturated carbocycles. The zero-order valence-corrected chi connectivity index (χ0v) is 50.0. The maximum atomic E-state index is 14.8. The van der Waals surface area contributed by atoms with E-state index in [1.54, 1.807) is 48.8 Å². The molecule has 2 atom stereocenters. The lowest BCUT2D eigenvalue weighted by molar-refractivity contribution is -0.123. The number of hydrogen-bond acceptors (Lipinski definition) is 11. The van der Waals surface area contributed by atoms with Crippen LogP contribution in [0.3, 0.4) is 0 Å². The Kier molecular flexibility index (Phi) is 17.8. The van der Waals surface area contributed by atoms with Crippen LogP contribution in [-0.4, -0.2) is 145 Å². The Morgan fingerprint density at radius 3 is 1.52 bits per heavy atom. The minimum atomic E-state index is -1.50. The van der Waals surface area contributed by atoms with Crippen molar-refractivity contribution < 1.29 is 57.5 Å². The van der Waals surface area contributed by atoms with Crippen LogP contribution in [0.2, 0.25) is 51.4 Å². The number of amides is 5. The highest BCUT2D eigenvalue weighted by Crippen LogP contribution is 2.46. The van der Waals surface area contributed by atoms with Crippen molar-refractivity contribution in [2.24, 2.45) is 0 Å². The van der Waals surface area contributed by atoms with Crippen LogP contribution in [0.5, 0.6) is 23.0 Å². The summed E-state index contributed by atoms with van der Waals surface area (Å²) in [5, 5.41) is 10.4. The van der Waals surface area contributed by atoms with Crippen LogP contribution in [0.4, 0.5) is 16.2 Å². The van der Waals surface area contributed by atoms with Crippen molar-refractivity contribution in [3.05, 3.63) is 143 Å². The van der Waals surface area contributed by atoms with Crippen LogP contribution in [0.1, 0.15) is 63.9 Å². The lowest BCUT2D eigenvalue weighted by atomic mass is 9.96. The zero-order chi connectivity index (χ0) is 57.8. The third kappa shape index (κ3) is 12.9. The highest BCUT2D eigenvalue weighted by molar-refractivity contribution is 6.76. The second-order valence-corrected chi connectivity index (χ2v) is 34.7. The van der Waals surface area contributed by atoms with Crippen molar-refractivity contribution >= 4 is 57.2 Å². The average molecular weight is 1140 g/mol. The van der Waals surface area contributed by atoms with Crippen molar-refractivity contribution in [3.8, 4) is 34.1 Å². The van der Waals surface area contributed by atoms with Crippen LogP contribution in [0.25, 0.3) is 11.1 Å². The first kappa shape index (κ1) is 58.2. The van der Waals surface area contributed by atoms with Crippen molar-refractivity contribution in [2.75, 3.05) is 77.0 Å². The zero-order valence-electron chi connectivity index (χ0n) is 48.0. The Balaban J connectivity index is 0.908. The average Bonchev–Trinajstić information content (AvgIpc) is 4.19. The Morgan fingerprint density at radius 1 is 0.630 bits per heavy atom. The topological polar surface area (TPSA) is 177 Å². The van der Waals surface area contributed by atoms with Crippen LogP contribution < -0.4 is 28.7 Å². The van der Waals surface area contributed by atoms with Gasteiger partial charge in [-0.15, -0.1) is 0 Å². The summed E-state index contributed by atoms with van der Waals surface area (Å²) in [4.78, 5) is 78.2. The summed E-state index contributed by atoms with van der Waals surface area (Å²) in [6.07, 6.45) is 10.7. The largest absolute Gasteiger partial charge is 0.493 e. The number of methoxy groups -OCH3 is 2. The molecular weight excluding hydrogens is 1060 g/mol. The molecule has 4 aromatic carbocycles. The van der Waals surface area contributed by atoms with E-state index in [-0.39, 0.29) is 86.7 Å². The molecule has 81 heavy (non-hydrogen) atoms. The van der Waals surface area contributed by atoms with Gasteiger partial charge in [0.2, 0.25) is 0 Å². The van der Waals surface area contributed by atoms with Crippen molar-refractivity contribution in [1.82, 2.24) is 14.7 Å². The van der Waals surface area contributed by atoms with Gasteiger partial charge in [0.25, 0.3) is 23.6 Å². The van der Waals surface area contributed by atoms with Gasteiger partial charge in [0, 0.05) is 92.2 Å². The summed E-state index contributed by atoms with van der Waals surface area (Å²) in [6, 6.07) is 22.9. The first-order valence-electron chi connectivity index (χ1n) is 27.8. The third-order valence-corrected chi connectivity index (χ3v) is 18.6. The second kappa shape index (κ2) is 24.7. The molecule has 0 spiro atoms. The number of hydrogen-bond donors (Lipinski definition) is 1. The molecule has 1 N–H and O–H groups in total. The van der Waals surface area contributed by atoms with Gasteiger partial charge in [0.15, 0.2) is 23.0 Å². The molecule has 19 heteroatoms. The summed E-state index contributed by atoms with van der Waals surface area (Å²) in [5.74, 6) is -0.239. The lowest BCUT2D eigenvalue weighted by Crippen LogP contribution is -2.45. The molecular formula is C62H75N5O12Si2. The quantitative estimate of drug-likeness (QED) is 0.0520. The molecule has 0 fully saturated rings. The smallest absolute Gasteiger partial charge is 0.407 e. The van der Waals surface area contributed by atoms with Crippen LogP contribution in [-0.2, 0) is 19.1 Å². The fourth-order valence-corrected chi connectivity index (χ4v) is 12.4. The maximum Gasteiger partial charge on any atom is 0.407 e. The summed E-state index contributed by atoms with van der Waals surface area (Å²) in [5.41, 5.74) is 7.17. The van der Waals surface area contributed by atoms with E-state index in [1.807, 2.05) is 43.3 Å². The third-order valence-electron chi connectivity index (χ3n) is 15.2. The summed E-state index contributed by atoms with van der Waals surface area (Å²) < 4.78 is 36.7. The first-order valence-corrected chi connectivity index (χ1v) is 35.2. The Labute approximate surface area is 477 Å². The number of rotatable bonds is 24. The molecule has 17 nitrogen and oxygen atoms in total. The Bertz CT molecular complexity index is 3150. The van der Waals surface area contributed by atoms with Crippen LogP contribution in [0.15, 0.2) is 121 Å². The number of carbonyl (C=O) groups excluding carboxylic acids is 4. The molecule has 0 aromatic heterocycles. The standard InChI is InChI=1S/C62H75N5O12Si2/c1-10-17-41-30-52-60(70)66(39-76-26-28-80(4,5)6)50-34-56(54(74-2)32-47(50)58(68)64(52)36-41)78-24-16-25-79-57-35-51-48(33-55(57)75-3)59(69)65-37-42(31-53(65)61(71)67(51)40-77-27-29-81(7,8)9)18-15-23-63(62(72)73)38-49-45-21-13-11-19-43(45)44-20-12-14-22-46(44)49/h10-15,17-22,32-37,49,52-53H,16,23-31,38-40H2,1-9H3,(H,72,73)/b17-10+,18-15+/t52-,53-/m0/s1. The lowest BCUT2D eigenvalue weighted by Gasteiger charge is -2.27. The van der Waals surface area contributed by atoms with Crippen LogP contribution in [0, 0.1) is 0 Å². The summed E-state index contributed by atoms with van der Waals surface area (Å²) in [6.45, 7) is 16.8. The number of nitrogens with zero attached hydrogens (tertiary/aromatic N) is 5. The summed E-state index contributed by atoms with van der Waals surface area (Å²) >= 11 is 0. The predicted molar refractivity (Wildman–Crippen MR) is 317 cm³/mol. The molecule has 1 aliphatic carbocycles. The van der Waals surface area contributed by atoms with Gasteiger partial charge in [-0.25, -0.2) is 4.79 Å². The second-order valence-electron chi connectivity index (χ2n) is 23.4. The van der Waals surface area contributed by atoms with E-state index >= 15 is 0 Å². The molecule has 0 saturated heterocycles. The van der Waals surface area contributed by atoms with Gasteiger partial charge in [0.1, 0.15) is 25.5 Å². The normalized spacial score (nSPS) is 17.8. The molecule has 0 radical (unpaired) electrons. The maximum absolute atomic E-state index is 14.8. The van der Waals surface area contributed by atoms with Gasteiger partial charge < -0.3 is 48.2 Å². The first-order chi connectivity index (χ1) is 38.8. The fraction of sp³-hybridized carbons (Fsp3) is 0.403. The molecule has 5 aliphatic rings. The van der Waals surface area contributed by atoms with E-state index in [2.05, 4.69) is 63.5 Å². The molecule has 428 valence electrons. The molecule has 0 bridgehead atoms. The minimum absolute atomic E-state index is 0.0368. The highest BCUT2D eigenvalue weighted by atomic mass is 28.3. The Hall–Kier alpha value is -7.46. The molecule has 4 aromatic rings. The van der Waals surface area contributed by atoms with Gasteiger partial charge in [-0.2, -0.15) is 0 Å². The number of carboxylic acid groups (broad SMARTS) is 1. The van der Waals surface area contributed by atoms with E-state index in [0.29, 0.717) is 60.3 Å². The number of carbonyl (C=O) groups is 5. The van der Waals surface area contributed by atoms with Crippen molar-refractivity contribution in [3.63, 3.8) is 0 Å². The molecule has 9 rings (SSSR count). The van der Waals surface area contributed by atoms with E-state index in [9.17, 15) is 29.1 Å². The van der Waals surface area contributed by atoms with Crippen molar-refractivity contribution in [1.29, 1.82) is 0 Å². The predicted octanol–water partition coefficient (Wildman–Crippen LogP) is 11.0. The van der Waals surface area contributed by atoms with Gasteiger partial charge in [-0.1, -0.05) is 112 Å². The van der Waals surface area contributed by atoms with Crippen LogP contribution >= 0.6 is 0 Å². The highest BCUT2D eigenvalue weighted by Gasteiger charge is 2.45. The summed E-state index contributed by atoms with van der Waals surface area (Å²) in [7, 11) is 0.0399. The minimum Gasteiger partial charge on any atom is -0.493 e. The van der Waals surface area contributed by atoms with E-state index in [0.717, 1.165) is 39.9 Å². The van der Waals surface area contributed by atoms with E-state index in [1.165, 1.54) is 38.7 Å². The fourth-order valence-electron chi connectivity index (χ4n) is 10.8. The molecule has 5 amide bonds. The van der Waals surface area contributed by atoms with E-state index < -0.39 is 40.2 Å². The number of ether oxygens (including phenoxy) is 6. The molecule has 0 unspecified atom stereocenters. The monoisotopic (exact) mass is 1140 g/mol. The number of allylic oxidation sites excluding steroid dienone is 3. The number of benzene rings is 4. The van der Waals surface area contributed by atoms with Gasteiger partial charge in [0.05, 0.1) is 49.9 Å². The number of fused-ring (bicyclic) bond motifs is 7. The number of anilines is 2. The van der Waals surface area contributed by atoms with Gasteiger partial charge >= 0.3 is 6.09 Å². The van der Waals surface area contributed by atoms with Gasteiger partial charge in [-0.3, -0.25) is 29.0 Å². The SMILES string of the molecule is C/C=C/C1=CN2C(=O)c3cc(OC)c(OCCCOc4cc5c(cc4OC)C(=O)N4C=C(/C=C/CN(CC6c7ccccc7-c7ccccc76)C(=O)O)C[C@H]4C(=O)N5COCC[Si](C)(C)C)cc3N(COCC[Si](C)(C)C)C(=O)[C@@H]2C1. The van der Waals surface area contributed by atoms with Crippen molar-refractivity contribution in [2.45, 2.75) is 95.6 Å².